The van der Waals surface area contributed by atoms with Crippen LogP contribution in [0.4, 0.5) is 4.39 Å². The maximum absolute atomic E-state index is 13.4. The fourth-order valence-electron chi connectivity index (χ4n) is 4.28. The summed E-state index contributed by atoms with van der Waals surface area (Å²) >= 11 is 0. The fourth-order valence-corrected chi connectivity index (χ4v) is 4.28. The van der Waals surface area contributed by atoms with Crippen LogP contribution in [0.1, 0.15) is 49.4 Å². The van der Waals surface area contributed by atoms with Gasteiger partial charge < -0.3 is 20.2 Å². The van der Waals surface area contributed by atoms with Crippen LogP contribution in [0.5, 0.6) is 0 Å². The van der Waals surface area contributed by atoms with E-state index < -0.39 is 11.4 Å². The third kappa shape index (κ3) is 5.52. The molecule has 0 spiro atoms. The van der Waals surface area contributed by atoms with E-state index in [1.54, 1.807) is 17.0 Å². The number of hydrogen-bond donors (Lipinski definition) is 2. The van der Waals surface area contributed by atoms with Crippen LogP contribution in [-0.4, -0.2) is 71.1 Å². The van der Waals surface area contributed by atoms with Crippen molar-refractivity contribution in [2.75, 3.05) is 32.7 Å². The quantitative estimate of drug-likeness (QED) is 0.821. The Hall–Kier alpha value is -1.99. The number of rotatable bonds is 4. The second kappa shape index (κ2) is 9.01. The number of hydrogen-bond acceptors (Lipinski definition) is 4. The van der Waals surface area contributed by atoms with Crippen molar-refractivity contribution in [3.63, 3.8) is 0 Å². The number of halogens is 1. The first-order valence-electron chi connectivity index (χ1n) is 10.1. The number of piperidine rings is 1. The van der Waals surface area contributed by atoms with Crippen LogP contribution < -0.4 is 5.32 Å². The number of nitrogens with one attached hydrogen (secondary N) is 1. The second-order valence-electron chi connectivity index (χ2n) is 8.13. The van der Waals surface area contributed by atoms with Gasteiger partial charge in [0.15, 0.2) is 0 Å². The lowest BCUT2D eigenvalue weighted by Gasteiger charge is -2.38. The zero-order valence-electron chi connectivity index (χ0n) is 16.5. The van der Waals surface area contributed by atoms with Gasteiger partial charge in [0.05, 0.1) is 5.60 Å². The molecule has 2 fully saturated rings. The molecular weight excluding hydrogens is 361 g/mol. The van der Waals surface area contributed by atoms with Crippen molar-refractivity contribution in [3.8, 4) is 0 Å². The zero-order valence-corrected chi connectivity index (χ0v) is 16.5. The fraction of sp³-hybridized carbons (Fsp3) is 0.619. The molecule has 0 bridgehead atoms. The van der Waals surface area contributed by atoms with E-state index in [1.165, 1.54) is 19.1 Å². The lowest BCUT2D eigenvalue weighted by atomic mass is 9.93. The molecule has 2 heterocycles. The Balaban J connectivity index is 1.52. The average molecular weight is 391 g/mol. The van der Waals surface area contributed by atoms with Gasteiger partial charge in [-0.3, -0.25) is 9.59 Å². The predicted molar refractivity (Wildman–Crippen MR) is 104 cm³/mol. The van der Waals surface area contributed by atoms with E-state index in [0.717, 1.165) is 32.4 Å². The lowest BCUT2D eigenvalue weighted by Crippen LogP contribution is -2.50. The Morgan fingerprint density at radius 1 is 1.21 bits per heavy atom. The van der Waals surface area contributed by atoms with E-state index in [9.17, 15) is 19.1 Å². The van der Waals surface area contributed by atoms with Gasteiger partial charge in [-0.1, -0.05) is 6.07 Å². The minimum absolute atomic E-state index is 0.00361. The molecular formula is C21H30FN3O3. The molecule has 1 atom stereocenters. The molecule has 6 nitrogen and oxygen atoms in total. The Morgan fingerprint density at radius 2 is 1.96 bits per heavy atom. The third-order valence-corrected chi connectivity index (χ3v) is 5.79. The molecule has 2 saturated heterocycles. The Morgan fingerprint density at radius 3 is 2.64 bits per heavy atom. The van der Waals surface area contributed by atoms with Crippen molar-refractivity contribution in [1.82, 2.24) is 15.1 Å². The van der Waals surface area contributed by atoms with Gasteiger partial charge in [-0.15, -0.1) is 0 Å². The highest BCUT2D eigenvalue weighted by Crippen LogP contribution is 2.26. The second-order valence-corrected chi connectivity index (χ2v) is 8.13. The number of nitrogens with zero attached hydrogens (tertiary/aromatic N) is 2. The summed E-state index contributed by atoms with van der Waals surface area (Å²) in [7, 11) is 0. The van der Waals surface area contributed by atoms with Crippen LogP contribution in [-0.2, 0) is 4.79 Å². The number of carbonyl (C=O) groups is 2. The lowest BCUT2D eigenvalue weighted by molar-refractivity contribution is -0.120. The topological polar surface area (TPSA) is 72.9 Å². The van der Waals surface area contributed by atoms with E-state index in [0.29, 0.717) is 38.0 Å². The molecule has 28 heavy (non-hydrogen) atoms. The Bertz CT molecular complexity index is 706. The number of benzene rings is 1. The largest absolute Gasteiger partial charge is 0.388 e. The van der Waals surface area contributed by atoms with Gasteiger partial charge in [0, 0.05) is 51.3 Å². The van der Waals surface area contributed by atoms with E-state index in [4.69, 9.17) is 0 Å². The zero-order chi connectivity index (χ0) is 20.1. The SMILES string of the molecule is CC(=O)NC1CCN(CC2(O)CCCN(C(=O)c3cccc(F)c3)CC2)CC1. The van der Waals surface area contributed by atoms with Gasteiger partial charge in [-0.25, -0.2) is 4.39 Å². The van der Waals surface area contributed by atoms with Gasteiger partial charge in [-0.2, -0.15) is 0 Å². The van der Waals surface area contributed by atoms with Crippen LogP contribution >= 0.6 is 0 Å². The van der Waals surface area contributed by atoms with Gasteiger partial charge in [-0.05, 0) is 50.3 Å². The molecule has 0 saturated carbocycles. The first-order valence-corrected chi connectivity index (χ1v) is 10.1. The number of β-amino-alcohol motifs (C(OH)–C–C–N with tert-alkyl or cyclic N) is 1. The number of amides is 2. The summed E-state index contributed by atoms with van der Waals surface area (Å²) in [4.78, 5) is 27.8. The van der Waals surface area contributed by atoms with Crippen molar-refractivity contribution in [1.29, 1.82) is 0 Å². The van der Waals surface area contributed by atoms with E-state index in [2.05, 4.69) is 10.2 Å². The van der Waals surface area contributed by atoms with Gasteiger partial charge in [0.1, 0.15) is 5.82 Å². The first kappa shape index (κ1) is 20.7. The van der Waals surface area contributed by atoms with Gasteiger partial charge in [0.2, 0.25) is 5.91 Å². The van der Waals surface area contributed by atoms with E-state index >= 15 is 0 Å². The molecule has 0 aromatic heterocycles. The number of likely N-dealkylation sites (tertiary alicyclic amines) is 2. The van der Waals surface area contributed by atoms with Crippen LogP contribution in [0.25, 0.3) is 0 Å². The molecule has 2 N–H and O–H groups in total. The Kier molecular flexibility index (Phi) is 6.67. The summed E-state index contributed by atoms with van der Waals surface area (Å²) in [6.07, 6.45) is 3.66. The summed E-state index contributed by atoms with van der Waals surface area (Å²) < 4.78 is 13.4. The minimum Gasteiger partial charge on any atom is -0.388 e. The number of aliphatic hydroxyl groups is 1. The monoisotopic (exact) mass is 391 g/mol. The maximum Gasteiger partial charge on any atom is 0.253 e. The average Bonchev–Trinajstić information content (AvgIpc) is 2.84. The first-order chi connectivity index (χ1) is 13.3. The van der Waals surface area contributed by atoms with Crippen molar-refractivity contribution in [2.24, 2.45) is 0 Å². The van der Waals surface area contributed by atoms with Crippen LogP contribution in [0.2, 0.25) is 0 Å². The van der Waals surface area contributed by atoms with Crippen molar-refractivity contribution < 1.29 is 19.1 Å². The van der Waals surface area contributed by atoms with Crippen molar-refractivity contribution in [3.05, 3.63) is 35.6 Å². The van der Waals surface area contributed by atoms with E-state index in [1.807, 2.05) is 0 Å². The summed E-state index contributed by atoms with van der Waals surface area (Å²) in [6, 6.07) is 5.98. The van der Waals surface area contributed by atoms with Gasteiger partial charge in [0.25, 0.3) is 5.91 Å². The summed E-state index contributed by atoms with van der Waals surface area (Å²) in [5, 5.41) is 14.1. The highest BCUT2D eigenvalue weighted by molar-refractivity contribution is 5.94. The molecule has 1 aromatic carbocycles. The highest BCUT2D eigenvalue weighted by Gasteiger charge is 2.34. The van der Waals surface area contributed by atoms with Crippen molar-refractivity contribution >= 4 is 11.8 Å². The molecule has 2 aliphatic rings. The van der Waals surface area contributed by atoms with Crippen LogP contribution in [0, 0.1) is 5.82 Å². The summed E-state index contributed by atoms with van der Waals surface area (Å²) in [5.41, 5.74) is -0.469. The van der Waals surface area contributed by atoms with Crippen LogP contribution in [0.15, 0.2) is 24.3 Å². The summed E-state index contributed by atoms with van der Waals surface area (Å²) in [5.74, 6) is -0.594. The molecule has 0 aliphatic carbocycles. The number of carbonyl (C=O) groups excluding carboxylic acids is 2. The highest BCUT2D eigenvalue weighted by atomic mass is 19.1. The molecule has 3 rings (SSSR count). The summed E-state index contributed by atoms with van der Waals surface area (Å²) in [6.45, 7) is 4.86. The predicted octanol–water partition coefficient (Wildman–Crippen LogP) is 1.78. The molecule has 154 valence electrons. The van der Waals surface area contributed by atoms with E-state index in [-0.39, 0.29) is 17.9 Å². The molecule has 7 heteroatoms. The van der Waals surface area contributed by atoms with Gasteiger partial charge >= 0.3 is 0 Å². The third-order valence-electron chi connectivity index (χ3n) is 5.79. The smallest absolute Gasteiger partial charge is 0.253 e. The minimum atomic E-state index is -0.822. The molecule has 0 radical (unpaired) electrons. The van der Waals surface area contributed by atoms with Crippen molar-refractivity contribution in [2.45, 2.75) is 50.7 Å². The molecule has 2 amide bonds. The molecule has 2 aliphatic heterocycles. The maximum atomic E-state index is 13.4. The molecule has 1 unspecified atom stereocenters. The molecule has 1 aromatic rings. The Labute approximate surface area is 165 Å². The standard InChI is InChI=1S/C21H30FN3O3/c1-16(26)23-19-6-11-24(12-7-19)15-21(28)8-3-10-25(13-9-21)20(27)17-4-2-5-18(22)14-17/h2,4-5,14,19,28H,3,6-13,15H2,1H3,(H,23,26). The normalized spacial score (nSPS) is 24.6. The van der Waals surface area contributed by atoms with Crippen LogP contribution in [0.3, 0.4) is 0 Å².